The van der Waals surface area contributed by atoms with Crippen molar-refractivity contribution in [1.29, 1.82) is 0 Å². The van der Waals surface area contributed by atoms with Gasteiger partial charge in [-0.05, 0) is 29.7 Å². The van der Waals surface area contributed by atoms with E-state index in [9.17, 15) is 4.79 Å². The van der Waals surface area contributed by atoms with Crippen LogP contribution in [-0.4, -0.2) is 12.8 Å². The first-order chi connectivity index (χ1) is 11.2. The maximum Gasteiger partial charge on any atom is 0.348 e. The maximum absolute atomic E-state index is 12.2. The van der Waals surface area contributed by atoms with E-state index in [0.29, 0.717) is 16.4 Å². The molecule has 0 N–H and O–H groups in total. The molecule has 0 spiro atoms. The first-order valence-corrected chi connectivity index (χ1v) is 8.55. The Hall–Kier alpha value is -2.05. The summed E-state index contributed by atoms with van der Waals surface area (Å²) in [6.45, 7) is 0.386. The van der Waals surface area contributed by atoms with Crippen LogP contribution in [0.5, 0.6) is 11.5 Å². The topological polar surface area (TPSA) is 44.8 Å². The molecule has 0 atom stereocenters. The molecule has 116 valence electrons. The minimum Gasteiger partial charge on any atom is -0.457 e. The molecule has 6 heteroatoms. The molecule has 3 aromatic rings. The molecule has 0 radical (unpaired) electrons. The standard InChI is InChI=1S/C17H11BrO4S/c18-12-7-14-13(21-9-22-14)5-11(12)8-20-17(19)16-6-10-3-1-2-4-15(10)23-16/h1-7H,8-9H2. The number of ether oxygens (including phenoxy) is 3. The highest BCUT2D eigenvalue weighted by Gasteiger charge is 2.18. The lowest BCUT2D eigenvalue weighted by Crippen LogP contribution is -2.03. The Bertz CT molecular complexity index is 870. The Kier molecular flexibility index (Phi) is 3.71. The third-order valence-corrected chi connectivity index (χ3v) is 5.36. The van der Waals surface area contributed by atoms with Crippen molar-refractivity contribution in [1.82, 2.24) is 0 Å². The third-order valence-electron chi connectivity index (χ3n) is 3.53. The Morgan fingerprint density at radius 1 is 1.17 bits per heavy atom. The number of carbonyl (C=O) groups excluding carboxylic acids is 1. The summed E-state index contributed by atoms with van der Waals surface area (Å²) in [4.78, 5) is 12.8. The maximum atomic E-state index is 12.2. The average Bonchev–Trinajstić information content (AvgIpc) is 3.18. The summed E-state index contributed by atoms with van der Waals surface area (Å²) in [6, 6.07) is 13.4. The Morgan fingerprint density at radius 2 is 1.96 bits per heavy atom. The van der Waals surface area contributed by atoms with E-state index >= 15 is 0 Å². The lowest BCUT2D eigenvalue weighted by Gasteiger charge is -2.07. The number of thiophene rings is 1. The molecule has 0 bridgehead atoms. The fourth-order valence-corrected chi connectivity index (χ4v) is 3.76. The number of carbonyl (C=O) groups is 1. The summed E-state index contributed by atoms with van der Waals surface area (Å²) in [6.07, 6.45) is 0. The van der Waals surface area contributed by atoms with Crippen LogP contribution in [-0.2, 0) is 11.3 Å². The summed E-state index contributed by atoms with van der Waals surface area (Å²) < 4.78 is 18.0. The molecule has 4 nitrogen and oxygen atoms in total. The van der Waals surface area contributed by atoms with Gasteiger partial charge in [-0.2, -0.15) is 0 Å². The Balaban J connectivity index is 1.51. The van der Waals surface area contributed by atoms with Crippen molar-refractivity contribution in [3.05, 3.63) is 57.4 Å². The van der Waals surface area contributed by atoms with E-state index in [1.807, 2.05) is 42.5 Å². The largest absolute Gasteiger partial charge is 0.457 e. The van der Waals surface area contributed by atoms with Gasteiger partial charge in [0.15, 0.2) is 11.5 Å². The van der Waals surface area contributed by atoms with Crippen LogP contribution in [0.15, 0.2) is 46.9 Å². The summed E-state index contributed by atoms with van der Waals surface area (Å²) in [7, 11) is 0. The summed E-state index contributed by atoms with van der Waals surface area (Å²) >= 11 is 4.89. The summed E-state index contributed by atoms with van der Waals surface area (Å²) in [5, 5.41) is 1.05. The first kappa shape index (κ1) is 14.5. The molecule has 0 unspecified atom stereocenters. The molecule has 0 amide bonds. The van der Waals surface area contributed by atoms with E-state index in [0.717, 1.165) is 20.1 Å². The van der Waals surface area contributed by atoms with Gasteiger partial charge in [-0.15, -0.1) is 11.3 Å². The highest BCUT2D eigenvalue weighted by Crippen LogP contribution is 2.37. The van der Waals surface area contributed by atoms with Crippen LogP contribution in [0.4, 0.5) is 0 Å². The Labute approximate surface area is 144 Å². The number of fused-ring (bicyclic) bond motifs is 2. The smallest absolute Gasteiger partial charge is 0.348 e. The lowest BCUT2D eigenvalue weighted by atomic mass is 10.2. The van der Waals surface area contributed by atoms with Gasteiger partial charge < -0.3 is 14.2 Å². The van der Waals surface area contributed by atoms with E-state index in [2.05, 4.69) is 15.9 Å². The van der Waals surface area contributed by atoms with Crippen LogP contribution < -0.4 is 9.47 Å². The van der Waals surface area contributed by atoms with Gasteiger partial charge in [0.2, 0.25) is 6.79 Å². The molecule has 1 aromatic heterocycles. The van der Waals surface area contributed by atoms with Crippen molar-refractivity contribution < 1.29 is 19.0 Å². The fourth-order valence-electron chi connectivity index (χ4n) is 2.37. The fraction of sp³-hybridized carbons (Fsp3) is 0.118. The normalized spacial score (nSPS) is 12.6. The molecule has 2 aromatic carbocycles. The number of rotatable bonds is 3. The zero-order valence-corrected chi connectivity index (χ0v) is 14.3. The highest BCUT2D eigenvalue weighted by molar-refractivity contribution is 9.10. The van der Waals surface area contributed by atoms with Crippen molar-refractivity contribution in [3.63, 3.8) is 0 Å². The molecule has 23 heavy (non-hydrogen) atoms. The molecular formula is C17H11BrO4S. The van der Waals surface area contributed by atoms with Gasteiger partial charge in [0.1, 0.15) is 11.5 Å². The monoisotopic (exact) mass is 390 g/mol. The van der Waals surface area contributed by atoms with Gasteiger partial charge in [0.25, 0.3) is 0 Å². The number of esters is 1. The number of benzene rings is 2. The molecule has 4 rings (SSSR count). The third kappa shape index (κ3) is 2.80. The van der Waals surface area contributed by atoms with Crippen LogP contribution in [0.1, 0.15) is 15.2 Å². The average molecular weight is 391 g/mol. The van der Waals surface area contributed by atoms with Crippen LogP contribution in [0, 0.1) is 0 Å². The van der Waals surface area contributed by atoms with Crippen molar-refractivity contribution in [2.75, 3.05) is 6.79 Å². The van der Waals surface area contributed by atoms with E-state index in [-0.39, 0.29) is 19.4 Å². The quantitative estimate of drug-likeness (QED) is 0.605. The zero-order chi connectivity index (χ0) is 15.8. The van der Waals surface area contributed by atoms with Gasteiger partial charge in [0, 0.05) is 14.7 Å². The van der Waals surface area contributed by atoms with Gasteiger partial charge in [-0.3, -0.25) is 0 Å². The second kappa shape index (κ2) is 5.86. The molecule has 0 saturated carbocycles. The van der Waals surface area contributed by atoms with Crippen LogP contribution in [0.25, 0.3) is 10.1 Å². The highest BCUT2D eigenvalue weighted by atomic mass is 79.9. The summed E-state index contributed by atoms with van der Waals surface area (Å²) in [5.41, 5.74) is 0.837. The SMILES string of the molecule is O=C(OCc1cc2c(cc1Br)OCO2)c1cc2ccccc2s1. The predicted molar refractivity (Wildman–Crippen MR) is 91.2 cm³/mol. The second-order valence-corrected chi connectivity index (χ2v) is 6.96. The van der Waals surface area contributed by atoms with E-state index in [1.54, 1.807) is 0 Å². The van der Waals surface area contributed by atoms with Crippen molar-refractivity contribution in [2.45, 2.75) is 6.61 Å². The zero-order valence-electron chi connectivity index (χ0n) is 11.9. The molecule has 0 saturated heterocycles. The molecule has 1 aliphatic rings. The van der Waals surface area contributed by atoms with Crippen molar-refractivity contribution in [3.8, 4) is 11.5 Å². The Morgan fingerprint density at radius 3 is 2.78 bits per heavy atom. The first-order valence-electron chi connectivity index (χ1n) is 6.94. The molecule has 0 aliphatic carbocycles. The predicted octanol–water partition coefficient (Wildman–Crippen LogP) is 4.75. The number of halogens is 1. The second-order valence-electron chi connectivity index (χ2n) is 5.02. The van der Waals surface area contributed by atoms with E-state index in [1.165, 1.54) is 11.3 Å². The van der Waals surface area contributed by atoms with Crippen LogP contribution >= 0.6 is 27.3 Å². The minimum atomic E-state index is -0.323. The van der Waals surface area contributed by atoms with Gasteiger partial charge in [-0.1, -0.05) is 34.1 Å². The van der Waals surface area contributed by atoms with Crippen molar-refractivity contribution in [2.24, 2.45) is 0 Å². The van der Waals surface area contributed by atoms with E-state index in [4.69, 9.17) is 14.2 Å². The van der Waals surface area contributed by atoms with Gasteiger partial charge >= 0.3 is 5.97 Å². The van der Waals surface area contributed by atoms with Crippen LogP contribution in [0.2, 0.25) is 0 Å². The van der Waals surface area contributed by atoms with Gasteiger partial charge in [0.05, 0.1) is 0 Å². The van der Waals surface area contributed by atoms with Crippen LogP contribution in [0.3, 0.4) is 0 Å². The molecular weight excluding hydrogens is 380 g/mol. The number of hydrogen-bond acceptors (Lipinski definition) is 5. The molecule has 1 aliphatic heterocycles. The van der Waals surface area contributed by atoms with E-state index < -0.39 is 0 Å². The molecule has 0 fully saturated rings. The lowest BCUT2D eigenvalue weighted by molar-refractivity contribution is 0.0477. The van der Waals surface area contributed by atoms with Crippen molar-refractivity contribution >= 4 is 43.3 Å². The minimum absolute atomic E-state index is 0.171. The number of hydrogen-bond donors (Lipinski definition) is 0. The molecule has 2 heterocycles. The van der Waals surface area contributed by atoms with Gasteiger partial charge in [-0.25, -0.2) is 4.79 Å². The summed E-state index contributed by atoms with van der Waals surface area (Å²) in [5.74, 6) is 1.04.